The zero-order valence-corrected chi connectivity index (χ0v) is 29.2. The molecule has 0 amide bonds. The van der Waals surface area contributed by atoms with Crippen LogP contribution in [0.3, 0.4) is 0 Å². The molecule has 9 aromatic carbocycles. The molecule has 0 N–H and O–H groups in total. The molecular formula is C51H33NO. The fourth-order valence-corrected chi connectivity index (χ4v) is 8.45. The summed E-state index contributed by atoms with van der Waals surface area (Å²) in [4.78, 5) is 2.36. The van der Waals surface area contributed by atoms with Crippen molar-refractivity contribution in [3.63, 3.8) is 0 Å². The molecule has 248 valence electrons. The molecule has 53 heavy (non-hydrogen) atoms. The molecule has 0 saturated heterocycles. The van der Waals surface area contributed by atoms with Gasteiger partial charge in [-0.3, -0.25) is 0 Å². The van der Waals surface area contributed by atoms with Crippen molar-refractivity contribution in [3.8, 4) is 44.5 Å². The molecule has 1 heterocycles. The zero-order chi connectivity index (χ0) is 35.0. The summed E-state index contributed by atoms with van der Waals surface area (Å²) in [6.07, 6.45) is 0. The van der Waals surface area contributed by atoms with Gasteiger partial charge in [-0.1, -0.05) is 115 Å². The van der Waals surface area contributed by atoms with Gasteiger partial charge in [-0.15, -0.1) is 0 Å². The van der Waals surface area contributed by atoms with Crippen LogP contribution in [0.4, 0.5) is 17.1 Å². The number of hydrogen-bond acceptors (Lipinski definition) is 2. The van der Waals surface area contributed by atoms with Crippen molar-refractivity contribution < 1.29 is 4.42 Å². The molecule has 0 radical (unpaired) electrons. The van der Waals surface area contributed by atoms with E-state index in [9.17, 15) is 0 Å². The first-order valence-corrected chi connectivity index (χ1v) is 18.3. The molecule has 1 aromatic heterocycles. The highest BCUT2D eigenvalue weighted by atomic mass is 16.3. The quantitative estimate of drug-likeness (QED) is 0.181. The lowest BCUT2D eigenvalue weighted by molar-refractivity contribution is 0.669. The molecule has 0 aliphatic heterocycles. The Morgan fingerprint density at radius 3 is 1.55 bits per heavy atom. The molecule has 2 heteroatoms. The van der Waals surface area contributed by atoms with Gasteiger partial charge in [-0.2, -0.15) is 0 Å². The average molecular weight is 676 g/mol. The monoisotopic (exact) mass is 675 g/mol. The van der Waals surface area contributed by atoms with E-state index in [-0.39, 0.29) is 0 Å². The normalized spacial score (nSPS) is 11.9. The first-order valence-electron chi connectivity index (χ1n) is 18.3. The van der Waals surface area contributed by atoms with Crippen molar-refractivity contribution in [2.24, 2.45) is 0 Å². The van der Waals surface area contributed by atoms with E-state index in [0.717, 1.165) is 39.0 Å². The largest absolute Gasteiger partial charge is 0.454 e. The van der Waals surface area contributed by atoms with Crippen LogP contribution in [-0.4, -0.2) is 0 Å². The lowest BCUT2D eigenvalue weighted by atomic mass is 9.77. The summed E-state index contributed by atoms with van der Waals surface area (Å²) >= 11 is 0. The molecule has 0 bridgehead atoms. The van der Waals surface area contributed by atoms with Crippen molar-refractivity contribution in [3.05, 3.63) is 188 Å². The molecule has 11 rings (SSSR count). The summed E-state index contributed by atoms with van der Waals surface area (Å²) in [5, 5.41) is 7.21. The lowest BCUT2D eigenvalue weighted by Gasteiger charge is -2.28. The van der Waals surface area contributed by atoms with Crippen LogP contribution < -0.4 is 4.90 Å². The maximum Gasteiger partial charge on any atom is 0.159 e. The molecule has 10 aromatic rings. The highest BCUT2D eigenvalue weighted by molar-refractivity contribution is 6.14. The van der Waals surface area contributed by atoms with Crippen molar-refractivity contribution in [1.82, 2.24) is 0 Å². The van der Waals surface area contributed by atoms with Gasteiger partial charge in [0.25, 0.3) is 0 Å². The predicted octanol–water partition coefficient (Wildman–Crippen LogP) is 14.7. The summed E-state index contributed by atoms with van der Waals surface area (Å²) in [6.45, 7) is 2.18. The van der Waals surface area contributed by atoms with Gasteiger partial charge < -0.3 is 9.32 Å². The van der Waals surface area contributed by atoms with Crippen LogP contribution in [0.25, 0.3) is 88.0 Å². The minimum Gasteiger partial charge on any atom is -0.454 e. The van der Waals surface area contributed by atoms with E-state index < -0.39 is 0 Å². The third-order valence-corrected chi connectivity index (χ3v) is 11.1. The van der Waals surface area contributed by atoms with E-state index in [1.54, 1.807) is 0 Å². The third-order valence-electron chi connectivity index (χ3n) is 11.1. The van der Waals surface area contributed by atoms with Crippen LogP contribution in [-0.2, 0) is 0 Å². The average Bonchev–Trinajstić information content (AvgIpc) is 3.60. The molecule has 0 unspecified atom stereocenters. The van der Waals surface area contributed by atoms with Crippen molar-refractivity contribution in [1.29, 1.82) is 0 Å². The van der Waals surface area contributed by atoms with Gasteiger partial charge in [0.1, 0.15) is 5.58 Å². The van der Waals surface area contributed by atoms with Gasteiger partial charge in [-0.25, -0.2) is 0 Å². The number of rotatable bonds is 5. The maximum absolute atomic E-state index is 6.58. The van der Waals surface area contributed by atoms with Crippen LogP contribution >= 0.6 is 0 Å². The molecule has 2 nitrogen and oxygen atoms in total. The fraction of sp³-hybridized carbons (Fsp3) is 0.0196. The summed E-state index contributed by atoms with van der Waals surface area (Å²) in [7, 11) is 0. The smallest absolute Gasteiger partial charge is 0.159 e. The molecule has 0 saturated carbocycles. The van der Waals surface area contributed by atoms with Gasteiger partial charge in [0, 0.05) is 22.1 Å². The van der Waals surface area contributed by atoms with Gasteiger partial charge in [0.15, 0.2) is 5.58 Å². The number of hydrogen-bond donors (Lipinski definition) is 0. The number of anilines is 3. The second kappa shape index (κ2) is 11.6. The predicted molar refractivity (Wildman–Crippen MR) is 223 cm³/mol. The number of nitrogens with zero attached hydrogens (tertiary/aromatic N) is 1. The standard InChI is InChI=1S/C51H33NO/c1-32-13-8-10-20-48(32)52(49-21-12-19-41-40-18-9-11-22-50(40)53-51(41)49)39-24-23-35-26-44-45(29-36(35)25-39)47-31-38-28-43(34-16-6-3-7-17-34)42(27-37(38)30-46(44)47)33-14-4-2-5-15-33/h2-31H,1H3. The Morgan fingerprint density at radius 2 is 0.887 bits per heavy atom. The van der Waals surface area contributed by atoms with E-state index in [1.165, 1.54) is 71.6 Å². The van der Waals surface area contributed by atoms with Crippen molar-refractivity contribution >= 4 is 60.5 Å². The first-order chi connectivity index (χ1) is 26.2. The zero-order valence-electron chi connectivity index (χ0n) is 29.2. The van der Waals surface area contributed by atoms with E-state index in [2.05, 4.69) is 188 Å². The Bertz CT molecular complexity index is 3060. The number of aryl methyl sites for hydroxylation is 1. The number of benzene rings is 9. The molecule has 1 aliphatic carbocycles. The summed E-state index contributed by atoms with van der Waals surface area (Å²) < 4.78 is 6.58. The molecular weight excluding hydrogens is 643 g/mol. The van der Waals surface area contributed by atoms with E-state index in [4.69, 9.17) is 4.42 Å². The molecule has 1 aliphatic rings. The second-order valence-corrected chi connectivity index (χ2v) is 14.2. The minimum atomic E-state index is 0.889. The molecule has 0 atom stereocenters. The lowest BCUT2D eigenvalue weighted by Crippen LogP contribution is -2.11. The minimum absolute atomic E-state index is 0.889. The maximum atomic E-state index is 6.58. The SMILES string of the molecule is Cc1ccccc1N(c1ccc2cc3c(cc2c1)-c1cc2cc(-c4ccccc4)c(-c4ccccc4)cc2cc1-3)c1cccc2c1oc1ccccc12. The summed E-state index contributed by atoms with van der Waals surface area (Å²) in [5.41, 5.74) is 16.5. The third kappa shape index (κ3) is 4.66. The van der Waals surface area contributed by atoms with Gasteiger partial charge in [0.2, 0.25) is 0 Å². The van der Waals surface area contributed by atoms with Gasteiger partial charge in [-0.05, 0) is 145 Å². The second-order valence-electron chi connectivity index (χ2n) is 14.2. The molecule has 0 fully saturated rings. The van der Waals surface area contributed by atoms with E-state index in [1.807, 2.05) is 6.07 Å². The Hall–Kier alpha value is -6.90. The first kappa shape index (κ1) is 29.8. The van der Waals surface area contributed by atoms with Gasteiger partial charge in [0.05, 0.1) is 5.69 Å². The Kier molecular flexibility index (Phi) is 6.50. The number of furan rings is 1. The van der Waals surface area contributed by atoms with Crippen molar-refractivity contribution in [2.45, 2.75) is 6.92 Å². The number of para-hydroxylation sites is 3. The Morgan fingerprint density at radius 1 is 0.377 bits per heavy atom. The van der Waals surface area contributed by atoms with Crippen LogP contribution in [0, 0.1) is 6.92 Å². The highest BCUT2D eigenvalue weighted by Gasteiger charge is 2.26. The van der Waals surface area contributed by atoms with E-state index in [0.29, 0.717) is 0 Å². The van der Waals surface area contributed by atoms with Crippen LogP contribution in [0.15, 0.2) is 186 Å². The topological polar surface area (TPSA) is 16.4 Å². The van der Waals surface area contributed by atoms with E-state index >= 15 is 0 Å². The Balaban J connectivity index is 1.06. The number of fused-ring (bicyclic) bond motifs is 9. The Labute approximate surface area is 307 Å². The molecule has 0 spiro atoms. The van der Waals surface area contributed by atoms with Crippen LogP contribution in [0.5, 0.6) is 0 Å². The summed E-state index contributed by atoms with van der Waals surface area (Å²) in [5.74, 6) is 0. The van der Waals surface area contributed by atoms with Gasteiger partial charge >= 0.3 is 0 Å². The van der Waals surface area contributed by atoms with Crippen molar-refractivity contribution in [2.75, 3.05) is 4.90 Å². The van der Waals surface area contributed by atoms with Crippen LogP contribution in [0.2, 0.25) is 0 Å². The van der Waals surface area contributed by atoms with Crippen LogP contribution in [0.1, 0.15) is 5.56 Å². The highest BCUT2D eigenvalue weighted by Crippen LogP contribution is 2.52. The summed E-state index contributed by atoms with van der Waals surface area (Å²) in [6, 6.07) is 66.0. The fourth-order valence-electron chi connectivity index (χ4n) is 8.45.